The third kappa shape index (κ3) is 4.25. The van der Waals surface area contributed by atoms with E-state index in [-0.39, 0.29) is 6.61 Å². The van der Waals surface area contributed by atoms with Crippen molar-refractivity contribution < 1.29 is 19.0 Å². The number of alkyl halides is 1. The molecule has 1 unspecified atom stereocenters. The van der Waals surface area contributed by atoms with Crippen LogP contribution in [0.25, 0.3) is 22.2 Å². The molecule has 1 heterocycles. The summed E-state index contributed by atoms with van der Waals surface area (Å²) in [6, 6.07) is 17.2. The van der Waals surface area contributed by atoms with Gasteiger partial charge in [0.1, 0.15) is 30.9 Å². The Morgan fingerprint density at radius 3 is 2.48 bits per heavy atom. The molecule has 0 spiro atoms. The second kappa shape index (κ2) is 7.94. The minimum atomic E-state index is -1.10. The SMILES string of the molecule is CCOc1ccc(-c2ccc3cc(OCC(O)CF)ccc3n2)cc1. The highest BCUT2D eigenvalue weighted by molar-refractivity contribution is 5.82. The minimum Gasteiger partial charge on any atom is -0.494 e. The molecule has 0 fully saturated rings. The predicted octanol–water partition coefficient (Wildman–Crippen LogP) is 4.01. The van der Waals surface area contributed by atoms with Gasteiger partial charge in [-0.3, -0.25) is 0 Å². The maximum atomic E-state index is 12.3. The second-order valence-corrected chi connectivity index (χ2v) is 5.63. The van der Waals surface area contributed by atoms with Crippen LogP contribution in [0.3, 0.4) is 0 Å². The highest BCUT2D eigenvalue weighted by atomic mass is 19.1. The number of halogens is 1. The molecule has 4 nitrogen and oxygen atoms in total. The quantitative estimate of drug-likeness (QED) is 0.705. The van der Waals surface area contributed by atoms with Gasteiger partial charge in [0.15, 0.2) is 0 Å². The van der Waals surface area contributed by atoms with Crippen LogP contribution in [0.2, 0.25) is 0 Å². The fourth-order valence-corrected chi connectivity index (χ4v) is 2.48. The molecule has 3 aromatic rings. The van der Waals surface area contributed by atoms with Crippen LogP contribution in [-0.2, 0) is 0 Å². The molecule has 0 radical (unpaired) electrons. The van der Waals surface area contributed by atoms with Crippen molar-refractivity contribution in [3.8, 4) is 22.8 Å². The van der Waals surface area contributed by atoms with E-state index in [0.29, 0.717) is 12.4 Å². The van der Waals surface area contributed by atoms with Gasteiger partial charge < -0.3 is 14.6 Å². The Morgan fingerprint density at radius 2 is 1.76 bits per heavy atom. The van der Waals surface area contributed by atoms with Crippen molar-refractivity contribution >= 4 is 10.9 Å². The Kier molecular flexibility index (Phi) is 5.46. The summed E-state index contributed by atoms with van der Waals surface area (Å²) in [7, 11) is 0. The average molecular weight is 341 g/mol. The first-order valence-electron chi connectivity index (χ1n) is 8.20. The molecule has 0 amide bonds. The van der Waals surface area contributed by atoms with Crippen LogP contribution in [0.5, 0.6) is 11.5 Å². The molecule has 1 aromatic heterocycles. The number of pyridine rings is 1. The van der Waals surface area contributed by atoms with Crippen LogP contribution in [0, 0.1) is 0 Å². The maximum Gasteiger partial charge on any atom is 0.120 e. The van der Waals surface area contributed by atoms with E-state index in [1.807, 2.05) is 55.5 Å². The molecule has 130 valence electrons. The number of hydrogen-bond acceptors (Lipinski definition) is 4. The molecular weight excluding hydrogens is 321 g/mol. The molecule has 0 saturated heterocycles. The average Bonchev–Trinajstić information content (AvgIpc) is 2.66. The van der Waals surface area contributed by atoms with Gasteiger partial charge in [0.2, 0.25) is 0 Å². The fraction of sp³-hybridized carbons (Fsp3) is 0.250. The lowest BCUT2D eigenvalue weighted by Crippen LogP contribution is -2.19. The number of aliphatic hydroxyl groups is 1. The van der Waals surface area contributed by atoms with E-state index >= 15 is 0 Å². The van der Waals surface area contributed by atoms with Gasteiger partial charge in [0, 0.05) is 10.9 Å². The summed E-state index contributed by atoms with van der Waals surface area (Å²) >= 11 is 0. The Hall–Kier alpha value is -2.66. The number of rotatable bonds is 7. The zero-order valence-corrected chi connectivity index (χ0v) is 14.0. The van der Waals surface area contributed by atoms with Crippen LogP contribution in [0.1, 0.15) is 6.92 Å². The smallest absolute Gasteiger partial charge is 0.120 e. The van der Waals surface area contributed by atoms with Gasteiger partial charge in [0.05, 0.1) is 17.8 Å². The van der Waals surface area contributed by atoms with Crippen molar-refractivity contribution in [1.29, 1.82) is 0 Å². The summed E-state index contributed by atoms with van der Waals surface area (Å²) in [5.74, 6) is 1.42. The molecule has 25 heavy (non-hydrogen) atoms. The topological polar surface area (TPSA) is 51.6 Å². The minimum absolute atomic E-state index is 0.0697. The maximum absolute atomic E-state index is 12.3. The monoisotopic (exact) mass is 341 g/mol. The zero-order valence-electron chi connectivity index (χ0n) is 14.0. The highest BCUT2D eigenvalue weighted by Gasteiger charge is 2.06. The first-order chi connectivity index (χ1) is 12.2. The van der Waals surface area contributed by atoms with Gasteiger partial charge in [-0.25, -0.2) is 9.37 Å². The summed E-state index contributed by atoms with van der Waals surface area (Å²) in [5.41, 5.74) is 2.72. The van der Waals surface area contributed by atoms with E-state index < -0.39 is 12.8 Å². The van der Waals surface area contributed by atoms with E-state index in [9.17, 15) is 9.50 Å². The van der Waals surface area contributed by atoms with Gasteiger partial charge in [-0.15, -0.1) is 0 Å². The first-order valence-corrected chi connectivity index (χ1v) is 8.20. The van der Waals surface area contributed by atoms with E-state index in [4.69, 9.17) is 9.47 Å². The van der Waals surface area contributed by atoms with Gasteiger partial charge in [-0.1, -0.05) is 6.07 Å². The third-order valence-corrected chi connectivity index (χ3v) is 3.74. The summed E-state index contributed by atoms with van der Waals surface area (Å²) < 4.78 is 23.1. The first kappa shape index (κ1) is 17.2. The van der Waals surface area contributed by atoms with Crippen molar-refractivity contribution in [3.63, 3.8) is 0 Å². The summed E-state index contributed by atoms with van der Waals surface area (Å²) in [4.78, 5) is 4.67. The van der Waals surface area contributed by atoms with Crippen molar-refractivity contribution in [2.45, 2.75) is 13.0 Å². The number of fused-ring (bicyclic) bond motifs is 1. The molecule has 2 aromatic carbocycles. The largest absolute Gasteiger partial charge is 0.494 e. The molecule has 1 atom stereocenters. The number of aromatic nitrogens is 1. The Bertz CT molecular complexity index is 836. The van der Waals surface area contributed by atoms with E-state index in [0.717, 1.165) is 27.9 Å². The summed E-state index contributed by atoms with van der Waals surface area (Å²) in [5, 5.41) is 10.1. The summed E-state index contributed by atoms with van der Waals surface area (Å²) in [6.07, 6.45) is -1.10. The lowest BCUT2D eigenvalue weighted by atomic mass is 10.1. The van der Waals surface area contributed by atoms with Crippen LogP contribution >= 0.6 is 0 Å². The molecular formula is C20H20FNO3. The van der Waals surface area contributed by atoms with Crippen molar-refractivity contribution in [2.75, 3.05) is 19.9 Å². The summed E-state index contributed by atoms with van der Waals surface area (Å²) in [6.45, 7) is 1.70. The third-order valence-electron chi connectivity index (χ3n) is 3.74. The number of hydrogen-bond donors (Lipinski definition) is 1. The van der Waals surface area contributed by atoms with Crippen LogP contribution in [-0.4, -0.2) is 36.1 Å². The van der Waals surface area contributed by atoms with Crippen LogP contribution < -0.4 is 9.47 Å². The lowest BCUT2D eigenvalue weighted by Gasteiger charge is -2.10. The molecule has 3 rings (SSSR count). The fourth-order valence-electron chi connectivity index (χ4n) is 2.48. The number of nitrogens with zero attached hydrogens (tertiary/aromatic N) is 1. The van der Waals surface area contributed by atoms with Crippen molar-refractivity contribution in [1.82, 2.24) is 4.98 Å². The standard InChI is InChI=1S/C20H20FNO3/c1-2-24-17-6-3-14(4-7-17)19-9-5-15-11-18(8-10-20(15)22-19)25-13-16(23)12-21/h3-11,16,23H,2,12-13H2,1H3. The number of benzene rings is 2. The van der Waals surface area contributed by atoms with E-state index in [2.05, 4.69) is 4.98 Å². The van der Waals surface area contributed by atoms with Crippen molar-refractivity contribution in [3.05, 3.63) is 54.6 Å². The molecule has 0 saturated carbocycles. The molecule has 0 aliphatic heterocycles. The lowest BCUT2D eigenvalue weighted by molar-refractivity contribution is 0.0842. The Labute approximate surface area is 145 Å². The highest BCUT2D eigenvalue weighted by Crippen LogP contribution is 2.25. The van der Waals surface area contributed by atoms with Gasteiger partial charge in [-0.2, -0.15) is 0 Å². The molecule has 0 aliphatic rings. The van der Waals surface area contributed by atoms with E-state index in [1.165, 1.54) is 0 Å². The molecule has 5 heteroatoms. The number of ether oxygens (including phenoxy) is 2. The number of aliphatic hydroxyl groups excluding tert-OH is 1. The Balaban J connectivity index is 1.80. The normalized spacial score (nSPS) is 12.1. The molecule has 1 N–H and O–H groups in total. The Morgan fingerprint density at radius 1 is 1.00 bits per heavy atom. The molecule has 0 bridgehead atoms. The zero-order chi connectivity index (χ0) is 17.6. The van der Waals surface area contributed by atoms with Gasteiger partial charge >= 0.3 is 0 Å². The molecule has 0 aliphatic carbocycles. The van der Waals surface area contributed by atoms with E-state index in [1.54, 1.807) is 6.07 Å². The van der Waals surface area contributed by atoms with Crippen molar-refractivity contribution in [2.24, 2.45) is 0 Å². The van der Waals surface area contributed by atoms with Crippen LogP contribution in [0.15, 0.2) is 54.6 Å². The second-order valence-electron chi connectivity index (χ2n) is 5.63. The van der Waals surface area contributed by atoms with Gasteiger partial charge in [0.25, 0.3) is 0 Å². The van der Waals surface area contributed by atoms with Crippen LogP contribution in [0.4, 0.5) is 4.39 Å². The predicted molar refractivity (Wildman–Crippen MR) is 95.8 cm³/mol. The van der Waals surface area contributed by atoms with Gasteiger partial charge in [-0.05, 0) is 55.5 Å².